The van der Waals surface area contributed by atoms with E-state index in [-0.39, 0.29) is 12.0 Å². The molecule has 0 saturated heterocycles. The van der Waals surface area contributed by atoms with Crippen LogP contribution in [-0.4, -0.2) is 17.2 Å². The summed E-state index contributed by atoms with van der Waals surface area (Å²) in [5.74, 6) is -0.160. The van der Waals surface area contributed by atoms with Crippen LogP contribution < -0.4 is 4.74 Å². The minimum absolute atomic E-state index is 0.199. The lowest BCUT2D eigenvalue weighted by atomic mass is 9.84. The van der Waals surface area contributed by atoms with E-state index in [0.29, 0.717) is 6.42 Å². The molecule has 92 valence electrons. The van der Waals surface area contributed by atoms with Gasteiger partial charge in [-0.15, -0.1) is 0 Å². The van der Waals surface area contributed by atoms with E-state index in [0.717, 1.165) is 16.9 Å². The number of carboxylic acids is 1. The maximum absolute atomic E-state index is 11.3. The van der Waals surface area contributed by atoms with Crippen LogP contribution in [0, 0.1) is 18.8 Å². The third kappa shape index (κ3) is 2.14. The maximum Gasteiger partial charge on any atom is 0.310 e. The van der Waals surface area contributed by atoms with Crippen molar-refractivity contribution in [2.45, 2.75) is 33.3 Å². The van der Waals surface area contributed by atoms with Crippen LogP contribution in [0.25, 0.3) is 0 Å². The average molecular weight is 234 g/mol. The summed E-state index contributed by atoms with van der Waals surface area (Å²) in [5, 5.41) is 9.29. The summed E-state index contributed by atoms with van der Waals surface area (Å²) < 4.78 is 5.87. The molecule has 0 fully saturated rings. The molecule has 3 heteroatoms. The van der Waals surface area contributed by atoms with Crippen molar-refractivity contribution in [2.24, 2.45) is 11.8 Å². The summed E-state index contributed by atoms with van der Waals surface area (Å²) in [6, 6.07) is 5.87. The highest BCUT2D eigenvalue weighted by Gasteiger charge is 2.37. The Hall–Kier alpha value is -1.51. The summed E-state index contributed by atoms with van der Waals surface area (Å²) >= 11 is 0. The van der Waals surface area contributed by atoms with Gasteiger partial charge in [-0.3, -0.25) is 4.79 Å². The Morgan fingerprint density at radius 1 is 1.47 bits per heavy atom. The van der Waals surface area contributed by atoms with E-state index in [1.54, 1.807) is 0 Å². The number of aliphatic carboxylic acids is 1. The van der Waals surface area contributed by atoms with E-state index >= 15 is 0 Å². The lowest BCUT2D eigenvalue weighted by molar-refractivity contribution is -0.146. The van der Waals surface area contributed by atoms with Crippen molar-refractivity contribution in [1.29, 1.82) is 0 Å². The first-order chi connectivity index (χ1) is 8.00. The Labute approximate surface area is 101 Å². The smallest absolute Gasteiger partial charge is 0.310 e. The Bertz CT molecular complexity index is 437. The molecule has 2 unspecified atom stereocenters. The second kappa shape index (κ2) is 4.40. The lowest BCUT2D eigenvalue weighted by Gasteiger charge is -2.34. The molecule has 1 aromatic carbocycles. The van der Waals surface area contributed by atoms with Gasteiger partial charge >= 0.3 is 5.97 Å². The normalized spacial score (nSPS) is 23.1. The zero-order valence-electron chi connectivity index (χ0n) is 10.4. The summed E-state index contributed by atoms with van der Waals surface area (Å²) in [6.07, 6.45) is 0.335. The Balaban J connectivity index is 2.40. The number of ether oxygens (including phenoxy) is 1. The SMILES string of the molecule is Cc1cccc2c1CC(C(=O)O)C(C(C)C)O2. The second-order valence-corrected chi connectivity index (χ2v) is 5.03. The van der Waals surface area contributed by atoms with Crippen molar-refractivity contribution in [3.05, 3.63) is 29.3 Å². The summed E-state index contributed by atoms with van der Waals surface area (Å²) in [5.41, 5.74) is 2.15. The number of hydrogen-bond donors (Lipinski definition) is 1. The molecule has 0 aliphatic carbocycles. The fourth-order valence-corrected chi connectivity index (χ4v) is 2.44. The Morgan fingerprint density at radius 3 is 2.76 bits per heavy atom. The molecule has 1 heterocycles. The fraction of sp³-hybridized carbons (Fsp3) is 0.500. The molecule has 1 aliphatic heterocycles. The first-order valence-electron chi connectivity index (χ1n) is 5.98. The van der Waals surface area contributed by atoms with Crippen molar-refractivity contribution in [2.75, 3.05) is 0 Å². The molecule has 1 aromatic rings. The van der Waals surface area contributed by atoms with Gasteiger partial charge in [0.2, 0.25) is 0 Å². The monoisotopic (exact) mass is 234 g/mol. The number of aryl methyl sites for hydroxylation is 1. The highest BCUT2D eigenvalue weighted by molar-refractivity contribution is 5.72. The molecule has 2 atom stereocenters. The van der Waals surface area contributed by atoms with Gasteiger partial charge in [-0.1, -0.05) is 26.0 Å². The lowest BCUT2D eigenvalue weighted by Crippen LogP contribution is -2.41. The second-order valence-electron chi connectivity index (χ2n) is 5.03. The molecular formula is C14H18O3. The zero-order chi connectivity index (χ0) is 12.6. The molecule has 2 rings (SSSR count). The predicted octanol–water partition coefficient (Wildman–Crippen LogP) is 2.66. The van der Waals surface area contributed by atoms with Crippen LogP contribution >= 0.6 is 0 Å². The molecule has 1 N–H and O–H groups in total. The number of fused-ring (bicyclic) bond motifs is 1. The standard InChI is InChI=1S/C14H18O3/c1-8(2)13-11(14(15)16)7-10-9(3)5-4-6-12(10)17-13/h4-6,8,11,13H,7H2,1-3H3,(H,15,16). The van der Waals surface area contributed by atoms with Crippen LogP contribution in [0.2, 0.25) is 0 Å². The van der Waals surface area contributed by atoms with Crippen LogP contribution in [0.5, 0.6) is 5.75 Å². The molecule has 3 nitrogen and oxygen atoms in total. The van der Waals surface area contributed by atoms with E-state index < -0.39 is 11.9 Å². The first-order valence-corrected chi connectivity index (χ1v) is 5.98. The molecular weight excluding hydrogens is 216 g/mol. The van der Waals surface area contributed by atoms with Gasteiger partial charge in [-0.05, 0) is 36.5 Å². The Morgan fingerprint density at radius 2 is 2.18 bits per heavy atom. The predicted molar refractivity (Wildman–Crippen MR) is 65.3 cm³/mol. The van der Waals surface area contributed by atoms with Crippen molar-refractivity contribution in [3.8, 4) is 5.75 Å². The van der Waals surface area contributed by atoms with Gasteiger partial charge in [0.05, 0.1) is 5.92 Å². The molecule has 0 radical (unpaired) electrons. The fourth-order valence-electron chi connectivity index (χ4n) is 2.44. The molecule has 0 spiro atoms. The number of carbonyl (C=O) groups is 1. The van der Waals surface area contributed by atoms with Gasteiger partial charge in [0.1, 0.15) is 11.9 Å². The van der Waals surface area contributed by atoms with Crippen LogP contribution in [-0.2, 0) is 11.2 Å². The van der Waals surface area contributed by atoms with E-state index in [1.807, 2.05) is 39.0 Å². The van der Waals surface area contributed by atoms with Gasteiger partial charge < -0.3 is 9.84 Å². The highest BCUT2D eigenvalue weighted by Crippen LogP contribution is 2.35. The quantitative estimate of drug-likeness (QED) is 0.855. The van der Waals surface area contributed by atoms with Gasteiger partial charge in [0.25, 0.3) is 0 Å². The summed E-state index contributed by atoms with van der Waals surface area (Å²) in [6.45, 7) is 6.00. The van der Waals surface area contributed by atoms with E-state index in [1.165, 1.54) is 0 Å². The van der Waals surface area contributed by atoms with Gasteiger partial charge in [-0.2, -0.15) is 0 Å². The van der Waals surface area contributed by atoms with E-state index in [9.17, 15) is 9.90 Å². The zero-order valence-corrected chi connectivity index (χ0v) is 10.4. The van der Waals surface area contributed by atoms with Crippen molar-refractivity contribution >= 4 is 5.97 Å². The van der Waals surface area contributed by atoms with Gasteiger partial charge in [0.15, 0.2) is 0 Å². The summed E-state index contributed by atoms with van der Waals surface area (Å²) in [4.78, 5) is 11.3. The van der Waals surface area contributed by atoms with Crippen LogP contribution in [0.1, 0.15) is 25.0 Å². The van der Waals surface area contributed by atoms with Crippen LogP contribution in [0.4, 0.5) is 0 Å². The van der Waals surface area contributed by atoms with Crippen molar-refractivity contribution in [3.63, 3.8) is 0 Å². The first kappa shape index (κ1) is 12.0. The van der Waals surface area contributed by atoms with Crippen molar-refractivity contribution in [1.82, 2.24) is 0 Å². The number of hydrogen-bond acceptors (Lipinski definition) is 2. The minimum atomic E-state index is -0.766. The summed E-state index contributed by atoms with van der Waals surface area (Å²) in [7, 11) is 0. The van der Waals surface area contributed by atoms with Gasteiger partial charge in [0, 0.05) is 0 Å². The van der Waals surface area contributed by atoms with E-state index in [4.69, 9.17) is 4.74 Å². The molecule has 0 bridgehead atoms. The topological polar surface area (TPSA) is 46.5 Å². The average Bonchev–Trinajstić information content (AvgIpc) is 2.27. The number of carboxylic acid groups (broad SMARTS) is 1. The Kier molecular flexibility index (Phi) is 3.09. The molecule has 0 amide bonds. The number of benzene rings is 1. The minimum Gasteiger partial charge on any atom is -0.489 e. The maximum atomic E-state index is 11.3. The molecule has 1 aliphatic rings. The molecule has 0 saturated carbocycles. The number of rotatable bonds is 2. The molecule has 0 aromatic heterocycles. The van der Waals surface area contributed by atoms with E-state index in [2.05, 4.69) is 0 Å². The molecule has 17 heavy (non-hydrogen) atoms. The van der Waals surface area contributed by atoms with Crippen LogP contribution in [0.3, 0.4) is 0 Å². The highest BCUT2D eigenvalue weighted by atomic mass is 16.5. The van der Waals surface area contributed by atoms with Gasteiger partial charge in [-0.25, -0.2) is 0 Å². The largest absolute Gasteiger partial charge is 0.489 e. The third-order valence-corrected chi connectivity index (χ3v) is 3.43. The van der Waals surface area contributed by atoms with Crippen LogP contribution in [0.15, 0.2) is 18.2 Å². The third-order valence-electron chi connectivity index (χ3n) is 3.43. The van der Waals surface area contributed by atoms with Crippen molar-refractivity contribution < 1.29 is 14.6 Å².